The maximum absolute atomic E-state index is 8.99. The fourth-order valence-corrected chi connectivity index (χ4v) is 2.12. The molecule has 0 heterocycles. The number of hydrogen-bond acceptors (Lipinski definition) is 2. The van der Waals surface area contributed by atoms with Crippen molar-refractivity contribution in [1.29, 1.82) is 0 Å². The van der Waals surface area contributed by atoms with E-state index in [2.05, 4.69) is 0 Å². The predicted molar refractivity (Wildman–Crippen MR) is 59.8 cm³/mol. The molecule has 0 aromatic heterocycles. The summed E-state index contributed by atoms with van der Waals surface area (Å²) in [7, 11) is 0. The molecule has 82 valence electrons. The summed E-state index contributed by atoms with van der Waals surface area (Å²) in [5.41, 5.74) is 0.916. The number of aliphatic hydroxyl groups excluding tert-OH is 1. The van der Waals surface area contributed by atoms with Gasteiger partial charge in [-0.3, -0.25) is 0 Å². The topological polar surface area (TPSA) is 29.5 Å². The highest BCUT2D eigenvalue weighted by Gasteiger charge is 2.15. The van der Waals surface area contributed by atoms with Crippen LogP contribution >= 0.6 is 0 Å². The third-order valence-corrected chi connectivity index (χ3v) is 3.04. The zero-order chi connectivity index (χ0) is 10.5. The maximum Gasteiger partial charge on any atom is 0.119 e. The van der Waals surface area contributed by atoms with E-state index in [1.165, 1.54) is 25.7 Å². The van der Waals surface area contributed by atoms with Crippen LogP contribution in [0.15, 0.2) is 24.3 Å². The van der Waals surface area contributed by atoms with Gasteiger partial charge < -0.3 is 9.84 Å². The van der Waals surface area contributed by atoms with Crippen LogP contribution < -0.4 is 4.74 Å². The van der Waals surface area contributed by atoms with Gasteiger partial charge in [-0.25, -0.2) is 0 Å². The molecule has 0 unspecified atom stereocenters. The van der Waals surface area contributed by atoms with Gasteiger partial charge >= 0.3 is 0 Å². The van der Waals surface area contributed by atoms with E-state index >= 15 is 0 Å². The Kier molecular flexibility index (Phi) is 3.62. The lowest BCUT2D eigenvalue weighted by molar-refractivity contribution is 0.249. The Balaban J connectivity index is 1.86. The Morgan fingerprint density at radius 2 is 2.07 bits per heavy atom. The van der Waals surface area contributed by atoms with Gasteiger partial charge in [-0.2, -0.15) is 0 Å². The minimum Gasteiger partial charge on any atom is -0.493 e. The van der Waals surface area contributed by atoms with Crippen molar-refractivity contribution >= 4 is 0 Å². The summed E-state index contributed by atoms with van der Waals surface area (Å²) >= 11 is 0. The Morgan fingerprint density at radius 1 is 1.27 bits per heavy atom. The molecule has 0 radical (unpaired) electrons. The molecule has 1 aromatic rings. The van der Waals surface area contributed by atoms with Crippen LogP contribution in [-0.2, 0) is 6.61 Å². The van der Waals surface area contributed by atoms with Crippen LogP contribution in [-0.4, -0.2) is 11.7 Å². The molecule has 2 heteroatoms. The van der Waals surface area contributed by atoms with Gasteiger partial charge in [0.25, 0.3) is 0 Å². The van der Waals surface area contributed by atoms with E-state index in [-0.39, 0.29) is 6.61 Å². The van der Waals surface area contributed by atoms with Crippen LogP contribution in [0.1, 0.15) is 31.2 Å². The van der Waals surface area contributed by atoms with E-state index in [1.807, 2.05) is 24.3 Å². The van der Waals surface area contributed by atoms with Crippen molar-refractivity contribution in [2.75, 3.05) is 6.61 Å². The Morgan fingerprint density at radius 3 is 2.80 bits per heavy atom. The molecular weight excluding hydrogens is 188 g/mol. The average Bonchev–Trinajstić information content (AvgIpc) is 2.79. The molecule has 0 aliphatic heterocycles. The van der Waals surface area contributed by atoms with Crippen LogP contribution in [0.5, 0.6) is 5.75 Å². The van der Waals surface area contributed by atoms with E-state index in [0.717, 1.165) is 23.8 Å². The van der Waals surface area contributed by atoms with E-state index in [0.29, 0.717) is 0 Å². The second-order valence-corrected chi connectivity index (χ2v) is 4.27. The third-order valence-electron chi connectivity index (χ3n) is 3.04. The van der Waals surface area contributed by atoms with Gasteiger partial charge in [0.05, 0.1) is 13.2 Å². The lowest BCUT2D eigenvalue weighted by atomic mass is 10.1. The highest BCUT2D eigenvalue weighted by atomic mass is 16.5. The fraction of sp³-hybridized carbons (Fsp3) is 0.538. The van der Waals surface area contributed by atoms with Crippen LogP contribution in [0.2, 0.25) is 0 Å². The summed E-state index contributed by atoms with van der Waals surface area (Å²) < 4.78 is 5.72. The highest BCUT2D eigenvalue weighted by molar-refractivity contribution is 5.27. The van der Waals surface area contributed by atoms with Crippen molar-refractivity contribution < 1.29 is 9.84 Å². The molecule has 2 nitrogen and oxygen atoms in total. The molecular formula is C13H18O2. The van der Waals surface area contributed by atoms with Crippen LogP contribution in [0, 0.1) is 5.92 Å². The van der Waals surface area contributed by atoms with Gasteiger partial charge in [0.1, 0.15) is 5.75 Å². The molecule has 0 spiro atoms. The van der Waals surface area contributed by atoms with E-state index in [1.54, 1.807) is 0 Å². The molecule has 1 aliphatic rings. The first-order valence-corrected chi connectivity index (χ1v) is 5.71. The number of benzene rings is 1. The average molecular weight is 206 g/mol. The number of aliphatic hydroxyl groups is 1. The first-order chi connectivity index (χ1) is 7.38. The molecule has 1 fully saturated rings. The van der Waals surface area contributed by atoms with Crippen molar-refractivity contribution in [2.45, 2.75) is 32.3 Å². The number of rotatable bonds is 4. The molecule has 0 atom stereocenters. The zero-order valence-electron chi connectivity index (χ0n) is 8.98. The van der Waals surface area contributed by atoms with Gasteiger partial charge in [0, 0.05) is 0 Å². The summed E-state index contributed by atoms with van der Waals surface area (Å²) in [5, 5.41) is 8.99. The molecule has 15 heavy (non-hydrogen) atoms. The van der Waals surface area contributed by atoms with Crippen LogP contribution in [0.4, 0.5) is 0 Å². The van der Waals surface area contributed by atoms with Crippen molar-refractivity contribution in [3.8, 4) is 5.75 Å². The van der Waals surface area contributed by atoms with Gasteiger partial charge in [-0.15, -0.1) is 0 Å². The number of hydrogen-bond donors (Lipinski definition) is 1. The lowest BCUT2D eigenvalue weighted by Crippen LogP contribution is -2.08. The second-order valence-electron chi connectivity index (χ2n) is 4.27. The van der Waals surface area contributed by atoms with Gasteiger partial charge in [-0.05, 0) is 36.5 Å². The normalized spacial score (nSPS) is 16.9. The standard InChI is InChI=1S/C13H18O2/c14-9-12-6-3-7-13(8-12)15-10-11-4-1-2-5-11/h3,6-8,11,14H,1-2,4-5,9-10H2. The number of ether oxygens (including phenoxy) is 1. The summed E-state index contributed by atoms with van der Waals surface area (Å²) in [4.78, 5) is 0. The van der Waals surface area contributed by atoms with Crippen molar-refractivity contribution in [2.24, 2.45) is 5.92 Å². The first kappa shape index (κ1) is 10.5. The summed E-state index contributed by atoms with van der Waals surface area (Å²) in [5.74, 6) is 1.62. The molecule has 0 saturated heterocycles. The quantitative estimate of drug-likeness (QED) is 0.820. The monoisotopic (exact) mass is 206 g/mol. The molecule has 0 amide bonds. The largest absolute Gasteiger partial charge is 0.493 e. The first-order valence-electron chi connectivity index (χ1n) is 5.71. The maximum atomic E-state index is 8.99. The Hall–Kier alpha value is -1.02. The van der Waals surface area contributed by atoms with Crippen LogP contribution in [0.3, 0.4) is 0 Å². The van der Waals surface area contributed by atoms with Crippen molar-refractivity contribution in [3.63, 3.8) is 0 Å². The van der Waals surface area contributed by atoms with Crippen molar-refractivity contribution in [3.05, 3.63) is 29.8 Å². The minimum atomic E-state index is 0.0840. The van der Waals surface area contributed by atoms with Crippen molar-refractivity contribution in [1.82, 2.24) is 0 Å². The predicted octanol–water partition coefficient (Wildman–Crippen LogP) is 2.75. The SMILES string of the molecule is OCc1cccc(OCC2CCCC2)c1. The van der Waals surface area contributed by atoms with E-state index in [4.69, 9.17) is 9.84 Å². The Bertz CT molecular complexity index is 303. The summed E-state index contributed by atoms with van der Waals surface area (Å²) in [6.07, 6.45) is 5.31. The summed E-state index contributed by atoms with van der Waals surface area (Å²) in [6.45, 7) is 0.912. The second kappa shape index (κ2) is 5.17. The molecule has 0 bridgehead atoms. The van der Waals surface area contributed by atoms with E-state index < -0.39 is 0 Å². The molecule has 1 N–H and O–H groups in total. The van der Waals surface area contributed by atoms with Gasteiger partial charge in [0.15, 0.2) is 0 Å². The smallest absolute Gasteiger partial charge is 0.119 e. The third kappa shape index (κ3) is 2.96. The summed E-state index contributed by atoms with van der Waals surface area (Å²) in [6, 6.07) is 7.70. The molecule has 1 aromatic carbocycles. The van der Waals surface area contributed by atoms with E-state index in [9.17, 15) is 0 Å². The molecule has 1 saturated carbocycles. The lowest BCUT2D eigenvalue weighted by Gasteiger charge is -2.11. The molecule has 2 rings (SSSR count). The van der Waals surface area contributed by atoms with Crippen LogP contribution in [0.25, 0.3) is 0 Å². The van der Waals surface area contributed by atoms with Gasteiger partial charge in [0.2, 0.25) is 0 Å². The zero-order valence-corrected chi connectivity index (χ0v) is 8.98. The Labute approximate surface area is 90.9 Å². The minimum absolute atomic E-state index is 0.0840. The fourth-order valence-electron chi connectivity index (χ4n) is 2.12. The molecule has 1 aliphatic carbocycles. The highest BCUT2D eigenvalue weighted by Crippen LogP contribution is 2.25. The van der Waals surface area contributed by atoms with Gasteiger partial charge in [-0.1, -0.05) is 25.0 Å².